The summed E-state index contributed by atoms with van der Waals surface area (Å²) in [5.41, 5.74) is 3.38. The van der Waals surface area contributed by atoms with E-state index in [4.69, 9.17) is 4.42 Å². The van der Waals surface area contributed by atoms with Gasteiger partial charge in [0.1, 0.15) is 5.76 Å². The first-order chi connectivity index (χ1) is 21.9. The molecule has 4 aromatic carbocycles. The van der Waals surface area contributed by atoms with Gasteiger partial charge in [0.15, 0.2) is 15.6 Å². The summed E-state index contributed by atoms with van der Waals surface area (Å²) < 4.78 is 77.4. The maximum absolute atomic E-state index is 13.4. The summed E-state index contributed by atoms with van der Waals surface area (Å²) in [7, 11) is -3.38. The Kier molecular flexibility index (Phi) is 9.85. The Hall–Kier alpha value is -4.19. The highest BCUT2D eigenvalue weighted by atomic mass is 32.2. The monoisotopic (exact) mass is 667 g/mol. The van der Waals surface area contributed by atoms with E-state index in [1.165, 1.54) is 18.2 Å². The van der Waals surface area contributed by atoms with Crippen molar-refractivity contribution >= 4 is 42.6 Å². The summed E-state index contributed by atoms with van der Waals surface area (Å²) in [6, 6.07) is 28.4. The number of methoxy groups -OCH3 is 1. The van der Waals surface area contributed by atoms with E-state index in [1.807, 2.05) is 56.3 Å². The van der Waals surface area contributed by atoms with E-state index < -0.39 is 44.2 Å². The van der Waals surface area contributed by atoms with E-state index in [-0.39, 0.29) is 17.2 Å². The molecule has 0 bridgehead atoms. The number of hydrogen-bond donors (Lipinski definition) is 0. The molecule has 5 aromatic rings. The summed E-state index contributed by atoms with van der Waals surface area (Å²) in [5.74, 6) is -2.44. The van der Waals surface area contributed by atoms with Crippen LogP contribution in [0.4, 0.5) is 13.2 Å². The van der Waals surface area contributed by atoms with Crippen LogP contribution in [0.2, 0.25) is 0 Å². The van der Waals surface area contributed by atoms with Gasteiger partial charge in [-0.1, -0.05) is 83.5 Å². The first-order valence-corrected chi connectivity index (χ1v) is 17.2. The molecule has 1 heterocycles. The molecule has 1 atom stereocenters. The van der Waals surface area contributed by atoms with Crippen molar-refractivity contribution in [1.29, 1.82) is 0 Å². The molecule has 11 heteroatoms. The number of aryl methyl sites for hydroxylation is 1. The fourth-order valence-corrected chi connectivity index (χ4v) is 8.53. The molecule has 240 valence electrons. The molecule has 0 saturated carbocycles. The van der Waals surface area contributed by atoms with E-state index in [2.05, 4.69) is 32.6 Å². The van der Waals surface area contributed by atoms with Crippen LogP contribution in [-0.2, 0) is 38.6 Å². The number of carbonyl (C=O) groups excluding carboxylic acids is 1. The van der Waals surface area contributed by atoms with Gasteiger partial charge in [-0.3, -0.25) is 4.79 Å². The zero-order valence-electron chi connectivity index (χ0n) is 25.4. The fraction of sp³-hybridized carbons (Fsp3) is 0.200. The third-order valence-electron chi connectivity index (χ3n) is 7.44. The molecule has 0 N–H and O–H groups in total. The molecule has 0 amide bonds. The van der Waals surface area contributed by atoms with Crippen LogP contribution in [0.1, 0.15) is 29.6 Å². The van der Waals surface area contributed by atoms with Crippen LogP contribution in [0.15, 0.2) is 111 Å². The summed E-state index contributed by atoms with van der Waals surface area (Å²) in [6.45, 7) is 4.51. The molecule has 0 aliphatic rings. The Morgan fingerprint density at radius 2 is 1.65 bits per heavy atom. The smallest absolute Gasteiger partial charge is 0.449 e. The highest BCUT2D eigenvalue weighted by molar-refractivity contribution is 8.13. The van der Waals surface area contributed by atoms with E-state index in [0.717, 1.165) is 45.5 Å². The van der Waals surface area contributed by atoms with Crippen LogP contribution in [0.5, 0.6) is 0 Å². The fourth-order valence-electron chi connectivity index (χ4n) is 5.18. The maximum atomic E-state index is 13.4. The molecule has 6 nitrogen and oxygen atoms in total. The number of hydrogen-bond acceptors (Lipinski definition) is 6. The largest absolute Gasteiger partial charge is 0.468 e. The van der Waals surface area contributed by atoms with Gasteiger partial charge < -0.3 is 9.15 Å². The van der Waals surface area contributed by atoms with Crippen molar-refractivity contribution in [3.63, 3.8) is 0 Å². The van der Waals surface area contributed by atoms with Crippen molar-refractivity contribution in [3.05, 3.63) is 120 Å². The molecular weight excluding hydrogens is 636 g/mol. The zero-order chi connectivity index (χ0) is 33.1. The van der Waals surface area contributed by atoms with Gasteiger partial charge in [0, 0.05) is 11.4 Å². The summed E-state index contributed by atoms with van der Waals surface area (Å²) in [4.78, 5) is 12.7. The van der Waals surface area contributed by atoms with Crippen molar-refractivity contribution in [2.75, 3.05) is 12.9 Å². The first-order valence-electron chi connectivity index (χ1n) is 14.3. The number of sulfone groups is 1. The van der Waals surface area contributed by atoms with Gasteiger partial charge >= 0.3 is 12.1 Å². The number of furan rings is 1. The van der Waals surface area contributed by atoms with Gasteiger partial charge in [-0.2, -0.15) is 13.2 Å². The van der Waals surface area contributed by atoms with Gasteiger partial charge in [0.05, 0.1) is 18.6 Å². The molecule has 46 heavy (non-hydrogen) atoms. The number of alkyl halides is 3. The minimum absolute atomic E-state index is 0.00954. The molecule has 0 spiro atoms. The van der Waals surface area contributed by atoms with Crippen LogP contribution < -0.4 is 0 Å². The summed E-state index contributed by atoms with van der Waals surface area (Å²) in [5, 5.41) is 4.21. The average molecular weight is 668 g/mol. The van der Waals surface area contributed by atoms with Crippen LogP contribution in [0.3, 0.4) is 0 Å². The van der Waals surface area contributed by atoms with Crippen LogP contribution in [-0.4, -0.2) is 36.9 Å². The van der Waals surface area contributed by atoms with Crippen molar-refractivity contribution in [2.24, 2.45) is 0 Å². The summed E-state index contributed by atoms with van der Waals surface area (Å²) >= 11 is 0. The SMILES string of the molecule is CC=S(c1c(C)ccc2ccccc12)N(Cc1ccc(-c2cccc(S(=O)(=O)CC(=O)OC)c2)cc1)Cc1ccc(C(F)(F)F)o1. The van der Waals surface area contributed by atoms with Gasteiger partial charge in [-0.15, -0.1) is 0 Å². The predicted octanol–water partition coefficient (Wildman–Crippen LogP) is 8.44. The third-order valence-corrected chi connectivity index (χ3v) is 11.2. The Bertz CT molecular complexity index is 2020. The summed E-state index contributed by atoms with van der Waals surface area (Å²) in [6.07, 6.45) is -4.58. The molecule has 0 aliphatic carbocycles. The normalized spacial score (nSPS) is 12.9. The molecule has 0 saturated heterocycles. The molecule has 0 radical (unpaired) electrons. The number of fused-ring (bicyclic) bond motifs is 1. The minimum atomic E-state index is -4.58. The lowest BCUT2D eigenvalue weighted by Crippen LogP contribution is -2.18. The van der Waals surface area contributed by atoms with E-state index >= 15 is 0 Å². The van der Waals surface area contributed by atoms with Crippen LogP contribution in [0.25, 0.3) is 21.9 Å². The molecule has 0 aliphatic heterocycles. The molecule has 1 unspecified atom stereocenters. The Labute approximate surface area is 268 Å². The van der Waals surface area contributed by atoms with Gasteiger partial charge in [-0.05, 0) is 76.5 Å². The Morgan fingerprint density at radius 3 is 2.33 bits per heavy atom. The Morgan fingerprint density at radius 1 is 0.913 bits per heavy atom. The second kappa shape index (κ2) is 13.7. The zero-order valence-corrected chi connectivity index (χ0v) is 27.0. The number of halogens is 3. The van der Waals surface area contributed by atoms with Gasteiger partial charge in [-0.25, -0.2) is 12.7 Å². The van der Waals surface area contributed by atoms with Gasteiger partial charge in [0.25, 0.3) is 0 Å². The highest BCUT2D eigenvalue weighted by Gasteiger charge is 2.35. The number of nitrogens with zero attached hydrogens (tertiary/aromatic N) is 1. The standard InChI is InChI=1S/C35H32F3NO5S2/c1-4-45(34-24(2)12-15-27-8-5-6-11-31(27)34)39(22-29-18-19-32(44-29)35(36,37)38)21-25-13-16-26(17-14-25)28-9-7-10-30(20-28)46(41,42)23-33(40)43-3/h4-20H,21-23H2,1-3H3. The lowest BCUT2D eigenvalue weighted by Gasteiger charge is -2.28. The average Bonchev–Trinajstić information content (AvgIpc) is 3.52. The van der Waals surface area contributed by atoms with E-state index in [9.17, 15) is 26.4 Å². The Balaban J connectivity index is 1.49. The van der Waals surface area contributed by atoms with Crippen molar-refractivity contribution < 1.29 is 35.5 Å². The highest BCUT2D eigenvalue weighted by Crippen LogP contribution is 2.41. The van der Waals surface area contributed by atoms with E-state index in [1.54, 1.807) is 12.1 Å². The third kappa shape index (κ3) is 7.43. The molecule has 0 fully saturated rings. The van der Waals surface area contributed by atoms with Crippen molar-refractivity contribution in [1.82, 2.24) is 4.31 Å². The molecule has 1 aromatic heterocycles. The molecular formula is C35H32F3NO5S2. The van der Waals surface area contributed by atoms with Crippen LogP contribution in [0, 0.1) is 6.92 Å². The quantitative estimate of drug-likeness (QED) is 0.110. The van der Waals surface area contributed by atoms with Crippen molar-refractivity contribution in [3.8, 4) is 11.1 Å². The topological polar surface area (TPSA) is 76.8 Å². The number of carbonyl (C=O) groups is 1. The second-order valence-corrected chi connectivity index (χ2v) is 14.6. The maximum Gasteiger partial charge on any atom is 0.449 e. The lowest BCUT2D eigenvalue weighted by molar-refractivity contribution is -0.153. The van der Waals surface area contributed by atoms with Crippen LogP contribution >= 0.6 is 10.7 Å². The number of benzene rings is 4. The first kappa shape index (κ1) is 33.2. The van der Waals surface area contributed by atoms with Crippen molar-refractivity contribution in [2.45, 2.75) is 42.9 Å². The number of rotatable bonds is 10. The molecule has 5 rings (SSSR count). The van der Waals surface area contributed by atoms with E-state index in [0.29, 0.717) is 12.1 Å². The lowest BCUT2D eigenvalue weighted by atomic mass is 10.0. The van der Waals surface area contributed by atoms with Gasteiger partial charge in [0.2, 0.25) is 5.76 Å². The minimum Gasteiger partial charge on any atom is -0.468 e. The number of esters is 1. The second-order valence-electron chi connectivity index (χ2n) is 10.6. The number of ether oxygens (including phenoxy) is 1. The predicted molar refractivity (Wildman–Crippen MR) is 175 cm³/mol.